The van der Waals surface area contributed by atoms with Gasteiger partial charge in [0, 0.05) is 12.7 Å². The molecule has 15 heavy (non-hydrogen) atoms. The van der Waals surface area contributed by atoms with E-state index in [4.69, 9.17) is 5.73 Å². The molecule has 5 nitrogen and oxygen atoms in total. The van der Waals surface area contributed by atoms with E-state index in [1.807, 2.05) is 0 Å². The summed E-state index contributed by atoms with van der Waals surface area (Å²) >= 11 is 0. The number of hydrogen-bond acceptors (Lipinski definition) is 4. The highest BCUT2D eigenvalue weighted by atomic mass is 16.2. The Morgan fingerprint density at radius 2 is 2.40 bits per heavy atom. The van der Waals surface area contributed by atoms with Gasteiger partial charge in [-0.1, -0.05) is 6.42 Å². The van der Waals surface area contributed by atoms with Crippen LogP contribution in [0.4, 0.5) is 5.82 Å². The van der Waals surface area contributed by atoms with E-state index < -0.39 is 0 Å². The highest BCUT2D eigenvalue weighted by Crippen LogP contribution is 2.40. The molecule has 0 atom stereocenters. The Morgan fingerprint density at radius 1 is 1.60 bits per heavy atom. The van der Waals surface area contributed by atoms with Crippen molar-refractivity contribution >= 4 is 11.7 Å². The van der Waals surface area contributed by atoms with Gasteiger partial charge in [0.2, 0.25) is 5.91 Å². The first-order valence-electron chi connectivity index (χ1n) is 5.06. The number of amides is 1. The fourth-order valence-corrected chi connectivity index (χ4v) is 1.74. The van der Waals surface area contributed by atoms with Crippen molar-refractivity contribution in [3.05, 3.63) is 18.3 Å². The van der Waals surface area contributed by atoms with Crippen molar-refractivity contribution in [3.63, 3.8) is 0 Å². The zero-order valence-corrected chi connectivity index (χ0v) is 8.44. The molecule has 0 spiro atoms. The van der Waals surface area contributed by atoms with E-state index in [-0.39, 0.29) is 11.3 Å². The summed E-state index contributed by atoms with van der Waals surface area (Å²) in [6.45, 7) is 0.402. The Bertz CT molecular complexity index is 342. The number of nitrogens with one attached hydrogen (secondary N) is 1. The molecule has 0 unspecified atom stereocenters. The lowest BCUT2D eigenvalue weighted by atomic mass is 9.68. The molecule has 0 aromatic carbocycles. The van der Waals surface area contributed by atoms with Crippen molar-refractivity contribution < 1.29 is 4.79 Å². The lowest BCUT2D eigenvalue weighted by Gasteiger charge is -2.38. The van der Waals surface area contributed by atoms with Gasteiger partial charge in [-0.25, -0.2) is 0 Å². The third-order valence-electron chi connectivity index (χ3n) is 3.00. The van der Waals surface area contributed by atoms with Gasteiger partial charge in [0.25, 0.3) is 0 Å². The predicted molar refractivity (Wildman–Crippen MR) is 56.0 cm³/mol. The standard InChI is InChI=1S/C10H14N4O/c11-7-10(4-2-5-10)9(15)13-8-3-1-6-12-14-8/h1,3,6H,2,4-5,7,11H2,(H,13,14,15). The lowest BCUT2D eigenvalue weighted by molar-refractivity contribution is -0.129. The number of aromatic nitrogens is 2. The molecule has 1 fully saturated rings. The number of nitrogens with two attached hydrogens (primary N) is 1. The average molecular weight is 206 g/mol. The van der Waals surface area contributed by atoms with E-state index in [0.717, 1.165) is 19.3 Å². The van der Waals surface area contributed by atoms with Crippen LogP contribution in [0.3, 0.4) is 0 Å². The monoisotopic (exact) mass is 206 g/mol. The van der Waals surface area contributed by atoms with Crippen LogP contribution in [0.5, 0.6) is 0 Å². The molecule has 0 radical (unpaired) electrons. The number of rotatable bonds is 3. The van der Waals surface area contributed by atoms with Crippen LogP contribution in [0.1, 0.15) is 19.3 Å². The van der Waals surface area contributed by atoms with Crippen molar-refractivity contribution in [1.29, 1.82) is 0 Å². The minimum absolute atomic E-state index is 0.0308. The third kappa shape index (κ3) is 1.83. The SMILES string of the molecule is NCC1(C(=O)Nc2cccnn2)CCC1. The molecular weight excluding hydrogens is 192 g/mol. The van der Waals surface area contributed by atoms with Crippen molar-refractivity contribution in [3.8, 4) is 0 Å². The highest BCUT2D eigenvalue weighted by Gasteiger charge is 2.42. The van der Waals surface area contributed by atoms with Crippen molar-refractivity contribution in [2.45, 2.75) is 19.3 Å². The Hall–Kier alpha value is -1.49. The molecule has 1 amide bonds. The lowest BCUT2D eigenvalue weighted by Crippen LogP contribution is -2.47. The van der Waals surface area contributed by atoms with Gasteiger partial charge in [0.05, 0.1) is 5.41 Å². The minimum Gasteiger partial charge on any atom is -0.329 e. The molecule has 1 heterocycles. The maximum absolute atomic E-state index is 11.9. The topological polar surface area (TPSA) is 80.9 Å². The van der Waals surface area contributed by atoms with Crippen molar-refractivity contribution in [2.75, 3.05) is 11.9 Å². The molecule has 2 rings (SSSR count). The number of hydrogen-bond donors (Lipinski definition) is 2. The van der Waals surface area contributed by atoms with E-state index in [0.29, 0.717) is 12.4 Å². The Labute approximate surface area is 88.1 Å². The second-order valence-electron chi connectivity index (χ2n) is 3.90. The van der Waals surface area contributed by atoms with E-state index in [2.05, 4.69) is 15.5 Å². The zero-order chi connectivity index (χ0) is 10.7. The fourth-order valence-electron chi connectivity index (χ4n) is 1.74. The summed E-state index contributed by atoms with van der Waals surface area (Å²) in [6, 6.07) is 3.45. The maximum Gasteiger partial charge on any atom is 0.233 e. The van der Waals surface area contributed by atoms with Gasteiger partial charge in [0.15, 0.2) is 5.82 Å². The molecule has 1 aliphatic rings. The van der Waals surface area contributed by atoms with Gasteiger partial charge in [-0.05, 0) is 25.0 Å². The van der Waals surface area contributed by atoms with Crippen LogP contribution in [0.25, 0.3) is 0 Å². The van der Waals surface area contributed by atoms with Crippen LogP contribution in [0, 0.1) is 5.41 Å². The molecule has 80 valence electrons. The second kappa shape index (κ2) is 3.94. The van der Waals surface area contributed by atoms with Gasteiger partial charge in [-0.3, -0.25) is 4.79 Å². The Balaban J connectivity index is 2.04. The van der Waals surface area contributed by atoms with Crippen molar-refractivity contribution in [1.82, 2.24) is 10.2 Å². The number of anilines is 1. The molecule has 3 N–H and O–H groups in total. The molecule has 0 bridgehead atoms. The molecular formula is C10H14N4O. The number of carbonyl (C=O) groups is 1. The fraction of sp³-hybridized carbons (Fsp3) is 0.500. The van der Waals surface area contributed by atoms with Crippen LogP contribution in [-0.2, 0) is 4.79 Å². The average Bonchev–Trinajstić information content (AvgIpc) is 2.18. The van der Waals surface area contributed by atoms with E-state index in [1.165, 1.54) is 0 Å². The summed E-state index contributed by atoms with van der Waals surface area (Å²) in [5, 5.41) is 10.2. The predicted octanol–water partition coefficient (Wildman–Crippen LogP) is 0.544. The van der Waals surface area contributed by atoms with Crippen LogP contribution in [-0.4, -0.2) is 22.6 Å². The van der Waals surface area contributed by atoms with Gasteiger partial charge in [-0.2, -0.15) is 5.10 Å². The Kier molecular flexibility index (Phi) is 2.64. The summed E-state index contributed by atoms with van der Waals surface area (Å²) in [4.78, 5) is 11.9. The first kappa shape index (κ1) is 10.0. The molecule has 1 saturated carbocycles. The summed E-state index contributed by atoms with van der Waals surface area (Å²) in [6.07, 6.45) is 4.38. The van der Waals surface area contributed by atoms with Crippen LogP contribution >= 0.6 is 0 Å². The summed E-state index contributed by atoms with van der Waals surface area (Å²) in [7, 11) is 0. The summed E-state index contributed by atoms with van der Waals surface area (Å²) in [5.41, 5.74) is 5.26. The first-order chi connectivity index (χ1) is 7.27. The summed E-state index contributed by atoms with van der Waals surface area (Å²) < 4.78 is 0. The van der Waals surface area contributed by atoms with Gasteiger partial charge < -0.3 is 11.1 Å². The second-order valence-corrected chi connectivity index (χ2v) is 3.90. The zero-order valence-electron chi connectivity index (χ0n) is 8.44. The number of carbonyl (C=O) groups excluding carboxylic acids is 1. The first-order valence-corrected chi connectivity index (χ1v) is 5.06. The van der Waals surface area contributed by atoms with Crippen molar-refractivity contribution in [2.24, 2.45) is 11.1 Å². The van der Waals surface area contributed by atoms with E-state index in [1.54, 1.807) is 18.3 Å². The molecule has 0 saturated heterocycles. The maximum atomic E-state index is 11.9. The van der Waals surface area contributed by atoms with Crippen LogP contribution in [0.2, 0.25) is 0 Å². The quantitative estimate of drug-likeness (QED) is 0.756. The van der Waals surface area contributed by atoms with E-state index >= 15 is 0 Å². The molecule has 1 aromatic heterocycles. The smallest absolute Gasteiger partial charge is 0.233 e. The summed E-state index contributed by atoms with van der Waals surface area (Å²) in [5.74, 6) is 0.457. The number of nitrogens with zero attached hydrogens (tertiary/aromatic N) is 2. The minimum atomic E-state index is -0.364. The third-order valence-corrected chi connectivity index (χ3v) is 3.00. The molecule has 5 heteroatoms. The Morgan fingerprint density at radius 3 is 2.87 bits per heavy atom. The van der Waals surface area contributed by atoms with Gasteiger partial charge in [-0.15, -0.1) is 5.10 Å². The van der Waals surface area contributed by atoms with Crippen LogP contribution in [0.15, 0.2) is 18.3 Å². The largest absolute Gasteiger partial charge is 0.329 e. The van der Waals surface area contributed by atoms with Gasteiger partial charge >= 0.3 is 0 Å². The highest BCUT2D eigenvalue weighted by molar-refractivity contribution is 5.95. The molecule has 0 aliphatic heterocycles. The van der Waals surface area contributed by atoms with E-state index in [9.17, 15) is 4.79 Å². The molecule has 1 aliphatic carbocycles. The van der Waals surface area contributed by atoms with Gasteiger partial charge in [0.1, 0.15) is 0 Å². The normalized spacial score (nSPS) is 17.9. The molecule has 1 aromatic rings. The van der Waals surface area contributed by atoms with Crippen LogP contribution < -0.4 is 11.1 Å².